The number of benzene rings is 1. The first-order valence-corrected chi connectivity index (χ1v) is 6.86. The third-order valence-corrected chi connectivity index (χ3v) is 3.54. The Morgan fingerprint density at radius 1 is 1.29 bits per heavy atom. The summed E-state index contributed by atoms with van der Waals surface area (Å²) in [6.07, 6.45) is 0.963. The summed E-state index contributed by atoms with van der Waals surface area (Å²) in [5.41, 5.74) is 1.16. The fourth-order valence-corrected chi connectivity index (χ4v) is 2.77. The molecule has 1 aromatic carbocycles. The average molecular weight is 251 g/mol. The van der Waals surface area contributed by atoms with E-state index in [4.69, 9.17) is 0 Å². The SMILES string of the molecule is CC(=O)NC(C)(C)CCSc1ccc(C)cc1. The van der Waals surface area contributed by atoms with E-state index in [9.17, 15) is 4.79 Å². The van der Waals surface area contributed by atoms with Gasteiger partial charge in [0.15, 0.2) is 0 Å². The van der Waals surface area contributed by atoms with Crippen LogP contribution >= 0.6 is 11.8 Å². The van der Waals surface area contributed by atoms with E-state index in [2.05, 4.69) is 50.4 Å². The Bertz CT molecular complexity index is 370. The minimum atomic E-state index is -0.121. The Morgan fingerprint density at radius 3 is 2.41 bits per heavy atom. The van der Waals surface area contributed by atoms with Crippen molar-refractivity contribution >= 4 is 17.7 Å². The van der Waals surface area contributed by atoms with Gasteiger partial charge < -0.3 is 5.32 Å². The molecule has 0 aromatic heterocycles. The lowest BCUT2D eigenvalue weighted by molar-refractivity contribution is -0.120. The molecule has 0 radical (unpaired) electrons. The van der Waals surface area contributed by atoms with Gasteiger partial charge in [-0.05, 0) is 39.3 Å². The molecule has 0 heterocycles. The van der Waals surface area contributed by atoms with Gasteiger partial charge in [-0.3, -0.25) is 4.79 Å². The lowest BCUT2D eigenvalue weighted by Gasteiger charge is -2.25. The highest BCUT2D eigenvalue weighted by molar-refractivity contribution is 7.99. The van der Waals surface area contributed by atoms with Gasteiger partial charge in [0.2, 0.25) is 5.91 Å². The zero-order valence-electron chi connectivity index (χ0n) is 11.0. The molecule has 0 saturated carbocycles. The van der Waals surface area contributed by atoms with Crippen molar-refractivity contribution < 1.29 is 4.79 Å². The molecule has 3 heteroatoms. The summed E-state index contributed by atoms with van der Waals surface area (Å²) in [5, 5.41) is 2.96. The Hall–Kier alpha value is -0.960. The molecule has 1 aromatic rings. The summed E-state index contributed by atoms with van der Waals surface area (Å²) in [6.45, 7) is 7.78. The third kappa shape index (κ3) is 5.78. The van der Waals surface area contributed by atoms with E-state index in [-0.39, 0.29) is 11.4 Å². The molecule has 0 spiro atoms. The van der Waals surface area contributed by atoms with Crippen molar-refractivity contribution in [3.8, 4) is 0 Å². The van der Waals surface area contributed by atoms with Gasteiger partial charge in [-0.1, -0.05) is 17.7 Å². The predicted molar refractivity (Wildman–Crippen MR) is 74.4 cm³/mol. The second-order valence-electron chi connectivity index (χ2n) is 4.98. The van der Waals surface area contributed by atoms with Gasteiger partial charge in [0.25, 0.3) is 0 Å². The molecule has 0 fully saturated rings. The summed E-state index contributed by atoms with van der Waals surface area (Å²) >= 11 is 1.83. The Balaban J connectivity index is 2.37. The summed E-state index contributed by atoms with van der Waals surface area (Å²) in [4.78, 5) is 12.3. The Kier molecular flexibility index (Phi) is 5.06. The third-order valence-electron chi connectivity index (χ3n) is 2.53. The highest BCUT2D eigenvalue weighted by atomic mass is 32.2. The number of aryl methyl sites for hydroxylation is 1. The second kappa shape index (κ2) is 6.10. The molecule has 1 amide bonds. The van der Waals surface area contributed by atoms with Gasteiger partial charge >= 0.3 is 0 Å². The van der Waals surface area contributed by atoms with Gasteiger partial charge in [0, 0.05) is 23.1 Å². The van der Waals surface area contributed by atoms with Gasteiger partial charge in [-0.25, -0.2) is 0 Å². The number of hydrogen-bond donors (Lipinski definition) is 1. The van der Waals surface area contributed by atoms with E-state index in [1.807, 2.05) is 11.8 Å². The standard InChI is InChI=1S/C14H21NOS/c1-11-5-7-13(8-6-11)17-10-9-14(3,4)15-12(2)16/h5-8H,9-10H2,1-4H3,(H,15,16). The van der Waals surface area contributed by atoms with Crippen LogP contribution in [0.25, 0.3) is 0 Å². The van der Waals surface area contributed by atoms with Crippen LogP contribution in [-0.2, 0) is 4.79 Å². The normalized spacial score (nSPS) is 11.3. The molecule has 1 N–H and O–H groups in total. The Morgan fingerprint density at radius 2 is 1.88 bits per heavy atom. The van der Waals surface area contributed by atoms with E-state index >= 15 is 0 Å². The van der Waals surface area contributed by atoms with Crippen molar-refractivity contribution in [2.45, 2.75) is 44.6 Å². The number of carbonyl (C=O) groups is 1. The molecule has 0 aliphatic heterocycles. The molecule has 0 aliphatic rings. The highest BCUT2D eigenvalue weighted by Gasteiger charge is 2.17. The van der Waals surface area contributed by atoms with Crippen LogP contribution in [0.3, 0.4) is 0 Å². The van der Waals surface area contributed by atoms with E-state index < -0.39 is 0 Å². The fraction of sp³-hybridized carbons (Fsp3) is 0.500. The number of rotatable bonds is 5. The van der Waals surface area contributed by atoms with Crippen molar-refractivity contribution in [1.29, 1.82) is 0 Å². The van der Waals surface area contributed by atoms with E-state index in [0.717, 1.165) is 12.2 Å². The monoisotopic (exact) mass is 251 g/mol. The van der Waals surface area contributed by atoms with Crippen molar-refractivity contribution in [3.63, 3.8) is 0 Å². The first-order valence-electron chi connectivity index (χ1n) is 5.87. The minimum absolute atomic E-state index is 0.0373. The van der Waals surface area contributed by atoms with E-state index in [0.29, 0.717) is 0 Å². The molecule has 1 rings (SSSR count). The molecule has 0 unspecified atom stereocenters. The smallest absolute Gasteiger partial charge is 0.217 e. The fourth-order valence-electron chi connectivity index (χ4n) is 1.60. The molecule has 0 atom stereocenters. The van der Waals surface area contributed by atoms with Crippen LogP contribution in [0.2, 0.25) is 0 Å². The van der Waals surface area contributed by atoms with Crippen molar-refractivity contribution in [1.82, 2.24) is 5.32 Å². The lowest BCUT2D eigenvalue weighted by Crippen LogP contribution is -2.42. The topological polar surface area (TPSA) is 29.1 Å². The number of amides is 1. The van der Waals surface area contributed by atoms with Crippen molar-refractivity contribution in [2.24, 2.45) is 0 Å². The summed E-state index contributed by atoms with van der Waals surface area (Å²) in [6, 6.07) is 8.54. The van der Waals surface area contributed by atoms with Crippen molar-refractivity contribution in [2.75, 3.05) is 5.75 Å². The molecular formula is C14H21NOS. The summed E-state index contributed by atoms with van der Waals surface area (Å²) in [7, 11) is 0. The molecule has 94 valence electrons. The van der Waals surface area contributed by atoms with Crippen LogP contribution in [0.4, 0.5) is 0 Å². The quantitative estimate of drug-likeness (QED) is 0.813. The van der Waals surface area contributed by atoms with E-state index in [1.54, 1.807) is 6.92 Å². The molecule has 17 heavy (non-hydrogen) atoms. The van der Waals surface area contributed by atoms with Crippen LogP contribution in [0.5, 0.6) is 0 Å². The Labute approximate surface area is 108 Å². The summed E-state index contributed by atoms with van der Waals surface area (Å²) in [5.74, 6) is 1.05. The molecule has 0 saturated heterocycles. The van der Waals surface area contributed by atoms with Gasteiger partial charge in [0.1, 0.15) is 0 Å². The minimum Gasteiger partial charge on any atom is -0.351 e. The largest absolute Gasteiger partial charge is 0.351 e. The predicted octanol–water partition coefficient (Wildman–Crippen LogP) is 3.39. The van der Waals surface area contributed by atoms with Crippen LogP contribution in [0.1, 0.15) is 32.8 Å². The number of nitrogens with one attached hydrogen (secondary N) is 1. The average Bonchev–Trinajstić information content (AvgIpc) is 2.18. The number of thioether (sulfide) groups is 1. The first kappa shape index (κ1) is 14.1. The zero-order chi connectivity index (χ0) is 12.9. The maximum Gasteiger partial charge on any atom is 0.217 e. The second-order valence-corrected chi connectivity index (χ2v) is 6.14. The lowest BCUT2D eigenvalue weighted by atomic mass is 10.0. The highest BCUT2D eigenvalue weighted by Crippen LogP contribution is 2.22. The van der Waals surface area contributed by atoms with Crippen LogP contribution in [0, 0.1) is 6.92 Å². The van der Waals surface area contributed by atoms with Gasteiger partial charge in [-0.15, -0.1) is 11.8 Å². The van der Waals surface area contributed by atoms with E-state index in [1.165, 1.54) is 10.5 Å². The zero-order valence-corrected chi connectivity index (χ0v) is 11.9. The van der Waals surface area contributed by atoms with Crippen LogP contribution in [-0.4, -0.2) is 17.2 Å². The number of carbonyl (C=O) groups excluding carboxylic acids is 1. The van der Waals surface area contributed by atoms with Crippen LogP contribution in [0.15, 0.2) is 29.2 Å². The molecule has 0 bridgehead atoms. The maximum atomic E-state index is 11.0. The molecular weight excluding hydrogens is 230 g/mol. The maximum absolute atomic E-state index is 11.0. The van der Waals surface area contributed by atoms with Gasteiger partial charge in [-0.2, -0.15) is 0 Å². The summed E-state index contributed by atoms with van der Waals surface area (Å²) < 4.78 is 0. The molecule has 0 aliphatic carbocycles. The first-order chi connectivity index (χ1) is 7.89. The number of hydrogen-bond acceptors (Lipinski definition) is 2. The molecule has 2 nitrogen and oxygen atoms in total. The van der Waals surface area contributed by atoms with Gasteiger partial charge in [0.05, 0.1) is 0 Å². The van der Waals surface area contributed by atoms with Crippen molar-refractivity contribution in [3.05, 3.63) is 29.8 Å². The van der Waals surface area contributed by atoms with Crippen LogP contribution < -0.4 is 5.32 Å².